The fourth-order valence-electron chi connectivity index (χ4n) is 2.56. The first-order chi connectivity index (χ1) is 13.6. The molecule has 3 amide bonds. The largest absolute Gasteiger partial charge is 0.350 e. The van der Waals surface area contributed by atoms with Gasteiger partial charge in [0.25, 0.3) is 0 Å². The van der Waals surface area contributed by atoms with E-state index in [1.807, 2.05) is 0 Å². The minimum absolute atomic E-state index is 0.0390. The molecular formula is C20H27ClN4O4. The van der Waals surface area contributed by atoms with Crippen molar-refractivity contribution in [1.29, 1.82) is 5.41 Å². The molecule has 0 unspecified atom stereocenters. The smallest absolute Gasteiger partial charge is 0.243 e. The van der Waals surface area contributed by atoms with Crippen molar-refractivity contribution < 1.29 is 19.2 Å². The summed E-state index contributed by atoms with van der Waals surface area (Å²) in [4.78, 5) is 48.1. The molecule has 0 radical (unpaired) electrons. The molecule has 0 spiro atoms. The molecule has 0 aromatic heterocycles. The molecule has 29 heavy (non-hydrogen) atoms. The van der Waals surface area contributed by atoms with Crippen molar-refractivity contribution in [3.63, 3.8) is 0 Å². The maximum Gasteiger partial charge on any atom is 0.243 e. The van der Waals surface area contributed by atoms with Crippen LogP contribution in [-0.2, 0) is 25.7 Å². The number of hydrogen-bond acceptors (Lipinski definition) is 5. The molecule has 0 aliphatic heterocycles. The summed E-state index contributed by atoms with van der Waals surface area (Å²) in [6.45, 7) is 5.07. The fourth-order valence-corrected chi connectivity index (χ4v) is 2.68. The molecule has 0 saturated carbocycles. The monoisotopic (exact) mass is 422 g/mol. The summed E-state index contributed by atoms with van der Waals surface area (Å²) in [6.07, 6.45) is 0.658. The third kappa shape index (κ3) is 8.87. The van der Waals surface area contributed by atoms with Crippen LogP contribution in [0.5, 0.6) is 0 Å². The maximum atomic E-state index is 12.6. The lowest BCUT2D eigenvalue weighted by atomic mass is 10.0. The minimum Gasteiger partial charge on any atom is -0.350 e. The molecule has 158 valence electrons. The predicted octanol–water partition coefficient (Wildman–Crippen LogP) is 1.60. The van der Waals surface area contributed by atoms with Crippen molar-refractivity contribution in [2.45, 2.75) is 52.2 Å². The lowest BCUT2D eigenvalue weighted by Gasteiger charge is -2.24. The van der Waals surface area contributed by atoms with Gasteiger partial charge < -0.3 is 21.4 Å². The highest BCUT2D eigenvalue weighted by molar-refractivity contribution is 6.30. The first-order valence-electron chi connectivity index (χ1n) is 9.27. The Balaban J connectivity index is 2.84. The van der Waals surface area contributed by atoms with Gasteiger partial charge in [-0.25, -0.2) is 0 Å². The average molecular weight is 423 g/mol. The van der Waals surface area contributed by atoms with Gasteiger partial charge in [-0.2, -0.15) is 0 Å². The van der Waals surface area contributed by atoms with Crippen LogP contribution in [0.25, 0.3) is 0 Å². The third-order valence-corrected chi connectivity index (χ3v) is 4.41. The summed E-state index contributed by atoms with van der Waals surface area (Å²) in [5, 5.41) is 15.5. The van der Waals surface area contributed by atoms with E-state index in [1.165, 1.54) is 6.92 Å². The lowest BCUT2D eigenvalue weighted by Crippen LogP contribution is -2.55. The quantitative estimate of drug-likeness (QED) is 0.404. The van der Waals surface area contributed by atoms with Crippen molar-refractivity contribution in [3.05, 3.63) is 34.9 Å². The van der Waals surface area contributed by atoms with Crippen LogP contribution in [0.4, 0.5) is 0 Å². The van der Waals surface area contributed by atoms with E-state index in [0.717, 1.165) is 5.56 Å². The molecular weight excluding hydrogens is 396 g/mol. The van der Waals surface area contributed by atoms with Gasteiger partial charge in [0.05, 0.1) is 6.21 Å². The Morgan fingerprint density at radius 3 is 2.21 bits per heavy atom. The van der Waals surface area contributed by atoms with E-state index in [9.17, 15) is 19.2 Å². The van der Waals surface area contributed by atoms with E-state index in [-0.39, 0.29) is 31.2 Å². The topological polar surface area (TPSA) is 128 Å². The lowest BCUT2D eigenvalue weighted by molar-refractivity contribution is -0.132. The summed E-state index contributed by atoms with van der Waals surface area (Å²) < 4.78 is 0. The van der Waals surface area contributed by atoms with Crippen LogP contribution in [0.15, 0.2) is 24.3 Å². The van der Waals surface area contributed by atoms with Crippen molar-refractivity contribution >= 4 is 41.3 Å². The molecule has 0 bridgehead atoms. The Morgan fingerprint density at radius 2 is 1.69 bits per heavy atom. The highest BCUT2D eigenvalue weighted by Gasteiger charge is 2.28. The minimum atomic E-state index is -0.978. The Labute approximate surface area is 175 Å². The maximum absolute atomic E-state index is 12.6. The van der Waals surface area contributed by atoms with Gasteiger partial charge in [0, 0.05) is 24.9 Å². The van der Waals surface area contributed by atoms with E-state index in [1.54, 1.807) is 38.1 Å². The summed E-state index contributed by atoms with van der Waals surface area (Å²) in [7, 11) is 0. The van der Waals surface area contributed by atoms with Gasteiger partial charge in [-0.05, 0) is 30.0 Å². The highest BCUT2D eigenvalue weighted by atomic mass is 35.5. The van der Waals surface area contributed by atoms with Crippen molar-refractivity contribution in [2.24, 2.45) is 5.92 Å². The summed E-state index contributed by atoms with van der Waals surface area (Å²) in [5.41, 5.74) is 0.821. The third-order valence-electron chi connectivity index (χ3n) is 4.16. The summed E-state index contributed by atoms with van der Waals surface area (Å²) in [6, 6.07) is 5.14. The van der Waals surface area contributed by atoms with Crippen molar-refractivity contribution in [3.8, 4) is 0 Å². The number of rotatable bonds is 11. The van der Waals surface area contributed by atoms with Gasteiger partial charge in [-0.1, -0.05) is 37.6 Å². The number of carbonyl (C=O) groups excluding carboxylic acids is 4. The Hall–Kier alpha value is -2.74. The molecule has 0 saturated heterocycles. The highest BCUT2D eigenvalue weighted by Crippen LogP contribution is 2.10. The van der Waals surface area contributed by atoms with Crippen LogP contribution in [0, 0.1) is 11.3 Å². The zero-order valence-corrected chi connectivity index (χ0v) is 17.5. The summed E-state index contributed by atoms with van der Waals surface area (Å²) >= 11 is 5.84. The summed E-state index contributed by atoms with van der Waals surface area (Å²) in [5.74, 6) is -1.97. The molecule has 0 heterocycles. The fraction of sp³-hybridized carbons (Fsp3) is 0.450. The van der Waals surface area contributed by atoms with Gasteiger partial charge in [0.2, 0.25) is 17.7 Å². The van der Waals surface area contributed by atoms with Crippen molar-refractivity contribution in [2.75, 3.05) is 0 Å². The number of amides is 3. The van der Waals surface area contributed by atoms with E-state index in [4.69, 9.17) is 17.0 Å². The molecule has 8 nitrogen and oxygen atoms in total. The van der Waals surface area contributed by atoms with E-state index in [2.05, 4.69) is 16.0 Å². The second-order valence-electron chi connectivity index (χ2n) is 6.98. The normalized spacial score (nSPS) is 12.6. The van der Waals surface area contributed by atoms with Crippen molar-refractivity contribution in [1.82, 2.24) is 16.0 Å². The Kier molecular flexibility index (Phi) is 10.0. The van der Waals surface area contributed by atoms with Gasteiger partial charge in [0.1, 0.15) is 12.1 Å². The van der Waals surface area contributed by atoms with Crippen LogP contribution in [0.2, 0.25) is 5.02 Å². The molecule has 0 fully saturated rings. The molecule has 9 heteroatoms. The molecule has 4 N–H and O–H groups in total. The first-order valence-corrected chi connectivity index (χ1v) is 9.64. The second-order valence-corrected chi connectivity index (χ2v) is 7.41. The number of nitrogens with one attached hydrogen (secondary N) is 4. The van der Waals surface area contributed by atoms with Crippen LogP contribution < -0.4 is 16.0 Å². The average Bonchev–Trinajstić information content (AvgIpc) is 2.67. The zero-order chi connectivity index (χ0) is 22.0. The van der Waals surface area contributed by atoms with Gasteiger partial charge in [0.15, 0.2) is 5.78 Å². The van der Waals surface area contributed by atoms with Crippen LogP contribution in [-0.4, -0.2) is 41.8 Å². The molecule has 0 aliphatic rings. The molecule has 2 atom stereocenters. The number of halogens is 1. The SMILES string of the molecule is CC(=O)N[C@H](C(=O)N[C@@H](CCC(=O)C=N)C(=O)NCc1ccc(Cl)cc1)C(C)C. The second kappa shape index (κ2) is 12.0. The zero-order valence-electron chi connectivity index (χ0n) is 16.8. The molecule has 0 aliphatic carbocycles. The number of hydrogen-bond donors (Lipinski definition) is 4. The van der Waals surface area contributed by atoms with Gasteiger partial charge >= 0.3 is 0 Å². The number of carbonyl (C=O) groups is 4. The Bertz CT molecular complexity index is 749. The van der Waals surface area contributed by atoms with Gasteiger partial charge in [-0.15, -0.1) is 0 Å². The van der Waals surface area contributed by atoms with Crippen LogP contribution in [0.3, 0.4) is 0 Å². The number of ketones is 1. The molecule has 1 aromatic carbocycles. The van der Waals surface area contributed by atoms with Gasteiger partial charge in [-0.3, -0.25) is 19.2 Å². The van der Waals surface area contributed by atoms with Crippen LogP contribution in [0.1, 0.15) is 39.2 Å². The van der Waals surface area contributed by atoms with E-state index < -0.39 is 29.7 Å². The van der Waals surface area contributed by atoms with Crippen LogP contribution >= 0.6 is 11.6 Å². The van der Waals surface area contributed by atoms with E-state index >= 15 is 0 Å². The van der Waals surface area contributed by atoms with E-state index in [0.29, 0.717) is 11.2 Å². The Morgan fingerprint density at radius 1 is 1.07 bits per heavy atom. The number of benzene rings is 1. The predicted molar refractivity (Wildman–Crippen MR) is 111 cm³/mol. The standard InChI is InChI=1S/C20H27ClN4O4/c1-12(2)18(24-13(3)26)20(29)25-17(9-8-16(27)10-22)19(28)23-11-14-4-6-15(21)7-5-14/h4-7,10,12,17-18,22H,8-9,11H2,1-3H3,(H,23,28)(H,24,26)(H,25,29)/t17-,18-/m0/s1. The molecule has 1 aromatic rings. The molecule has 1 rings (SSSR count). The number of Topliss-reactive ketones (excluding diaryl/α,β-unsaturated/α-hetero) is 1. The first kappa shape index (κ1) is 24.3.